The number of likely N-dealkylation sites (tertiary alicyclic amines) is 1. The fourth-order valence-electron chi connectivity index (χ4n) is 3.71. The van der Waals surface area contributed by atoms with E-state index in [0.29, 0.717) is 5.69 Å². The summed E-state index contributed by atoms with van der Waals surface area (Å²) in [5, 5.41) is 0.920. The summed E-state index contributed by atoms with van der Waals surface area (Å²) in [6, 6.07) is 19.0. The van der Waals surface area contributed by atoms with Crippen molar-refractivity contribution in [2.75, 3.05) is 13.1 Å². The highest BCUT2D eigenvalue weighted by Crippen LogP contribution is 2.29. The Morgan fingerprint density at radius 2 is 1.87 bits per heavy atom. The SMILES string of the molecule is O=C(c1cccc(-c2cnc3[nH]c(-c4ccccc4)cc3c2)n1)N1CCC(F)(F)C1. The summed E-state index contributed by atoms with van der Waals surface area (Å²) in [7, 11) is 0. The average molecular weight is 404 g/mol. The number of halogens is 2. The molecule has 0 bridgehead atoms. The fraction of sp³-hybridized carbons (Fsp3) is 0.174. The first kappa shape index (κ1) is 18.4. The molecule has 3 aromatic heterocycles. The molecule has 0 spiro atoms. The average Bonchev–Trinajstić information content (AvgIpc) is 3.36. The lowest BCUT2D eigenvalue weighted by atomic mass is 10.1. The normalized spacial score (nSPS) is 15.6. The Labute approximate surface area is 171 Å². The van der Waals surface area contributed by atoms with Crippen molar-refractivity contribution in [1.82, 2.24) is 19.9 Å². The zero-order valence-electron chi connectivity index (χ0n) is 16.0. The van der Waals surface area contributed by atoms with Crippen molar-refractivity contribution in [2.24, 2.45) is 0 Å². The van der Waals surface area contributed by atoms with Crippen LogP contribution in [-0.2, 0) is 0 Å². The van der Waals surface area contributed by atoms with E-state index in [1.165, 1.54) is 0 Å². The van der Waals surface area contributed by atoms with E-state index in [1.807, 2.05) is 42.5 Å². The maximum atomic E-state index is 13.5. The van der Waals surface area contributed by atoms with Gasteiger partial charge in [-0.1, -0.05) is 36.4 Å². The van der Waals surface area contributed by atoms with Crippen LogP contribution in [0.25, 0.3) is 33.5 Å². The molecule has 4 heterocycles. The van der Waals surface area contributed by atoms with Crippen LogP contribution in [0.4, 0.5) is 8.78 Å². The number of pyridine rings is 2. The number of aromatic nitrogens is 3. The molecule has 5 nitrogen and oxygen atoms in total. The molecule has 1 saturated heterocycles. The van der Waals surface area contributed by atoms with Gasteiger partial charge in [0.1, 0.15) is 11.3 Å². The largest absolute Gasteiger partial charge is 0.339 e. The first-order valence-electron chi connectivity index (χ1n) is 9.67. The number of fused-ring (bicyclic) bond motifs is 1. The predicted molar refractivity (Wildman–Crippen MR) is 110 cm³/mol. The molecule has 1 amide bonds. The summed E-state index contributed by atoms with van der Waals surface area (Å²) in [6.07, 6.45) is 1.38. The Balaban J connectivity index is 1.45. The van der Waals surface area contributed by atoms with Crippen LogP contribution >= 0.6 is 0 Å². The lowest BCUT2D eigenvalue weighted by Gasteiger charge is -2.15. The van der Waals surface area contributed by atoms with Crippen LogP contribution < -0.4 is 0 Å². The molecule has 150 valence electrons. The number of aromatic amines is 1. The lowest BCUT2D eigenvalue weighted by Crippen LogP contribution is -2.31. The second kappa shape index (κ2) is 7.02. The Hall–Kier alpha value is -3.61. The first-order valence-corrected chi connectivity index (χ1v) is 9.67. The molecule has 1 aliphatic heterocycles. The van der Waals surface area contributed by atoms with Gasteiger partial charge in [0.15, 0.2) is 0 Å². The molecule has 4 aromatic rings. The van der Waals surface area contributed by atoms with Crippen molar-refractivity contribution in [3.8, 4) is 22.5 Å². The van der Waals surface area contributed by atoms with Gasteiger partial charge in [0.25, 0.3) is 11.8 Å². The molecule has 7 heteroatoms. The number of hydrogen-bond donors (Lipinski definition) is 1. The summed E-state index contributed by atoms with van der Waals surface area (Å²) in [5.74, 6) is -3.30. The molecule has 0 atom stereocenters. The number of carbonyl (C=O) groups is 1. The van der Waals surface area contributed by atoms with E-state index in [0.717, 1.165) is 32.8 Å². The first-order chi connectivity index (χ1) is 14.5. The van der Waals surface area contributed by atoms with Crippen LogP contribution in [0.1, 0.15) is 16.9 Å². The number of rotatable bonds is 3. The Bertz CT molecular complexity index is 1240. The minimum absolute atomic E-state index is 0.0386. The van der Waals surface area contributed by atoms with Crippen LogP contribution in [0, 0.1) is 0 Å². The van der Waals surface area contributed by atoms with E-state index in [-0.39, 0.29) is 18.7 Å². The van der Waals surface area contributed by atoms with Crippen LogP contribution in [-0.4, -0.2) is 44.8 Å². The maximum absolute atomic E-state index is 13.5. The molecule has 0 radical (unpaired) electrons. The molecule has 1 aliphatic rings. The van der Waals surface area contributed by atoms with Crippen molar-refractivity contribution in [1.29, 1.82) is 0 Å². The zero-order valence-corrected chi connectivity index (χ0v) is 16.0. The number of carbonyl (C=O) groups excluding carboxylic acids is 1. The number of H-pyrrole nitrogens is 1. The summed E-state index contributed by atoms with van der Waals surface area (Å²) in [4.78, 5) is 26.0. The lowest BCUT2D eigenvalue weighted by molar-refractivity contribution is 0.0119. The van der Waals surface area contributed by atoms with E-state index >= 15 is 0 Å². The highest BCUT2D eigenvalue weighted by atomic mass is 19.3. The van der Waals surface area contributed by atoms with Gasteiger partial charge >= 0.3 is 0 Å². The number of nitrogens with zero attached hydrogens (tertiary/aromatic N) is 3. The van der Waals surface area contributed by atoms with Crippen molar-refractivity contribution >= 4 is 16.9 Å². The van der Waals surface area contributed by atoms with Gasteiger partial charge in [-0.3, -0.25) is 4.79 Å². The second-order valence-corrected chi connectivity index (χ2v) is 7.45. The van der Waals surface area contributed by atoms with Crippen molar-refractivity contribution < 1.29 is 13.6 Å². The molecular formula is C23H18F2N4O. The van der Waals surface area contributed by atoms with Crippen LogP contribution in [0.15, 0.2) is 66.9 Å². The Morgan fingerprint density at radius 1 is 1.03 bits per heavy atom. The maximum Gasteiger partial charge on any atom is 0.272 e. The van der Waals surface area contributed by atoms with Gasteiger partial charge < -0.3 is 9.88 Å². The number of amides is 1. The number of hydrogen-bond acceptors (Lipinski definition) is 3. The third-order valence-corrected chi connectivity index (χ3v) is 5.28. The van der Waals surface area contributed by atoms with E-state index in [4.69, 9.17) is 0 Å². The smallest absolute Gasteiger partial charge is 0.272 e. The van der Waals surface area contributed by atoms with Gasteiger partial charge in [-0.05, 0) is 29.8 Å². The quantitative estimate of drug-likeness (QED) is 0.535. The van der Waals surface area contributed by atoms with Crippen LogP contribution in [0.2, 0.25) is 0 Å². The highest BCUT2D eigenvalue weighted by molar-refractivity contribution is 5.93. The van der Waals surface area contributed by atoms with Gasteiger partial charge in [-0.25, -0.2) is 18.7 Å². The van der Waals surface area contributed by atoms with Crippen molar-refractivity contribution in [3.05, 3.63) is 72.6 Å². The molecular weight excluding hydrogens is 386 g/mol. The molecule has 1 fully saturated rings. The number of benzene rings is 1. The van der Waals surface area contributed by atoms with Crippen molar-refractivity contribution in [2.45, 2.75) is 12.3 Å². The molecule has 5 rings (SSSR count). The molecule has 0 saturated carbocycles. The van der Waals surface area contributed by atoms with Gasteiger partial charge in [0, 0.05) is 35.8 Å². The van der Waals surface area contributed by atoms with Crippen molar-refractivity contribution in [3.63, 3.8) is 0 Å². The van der Waals surface area contributed by atoms with Gasteiger partial charge in [-0.15, -0.1) is 0 Å². The van der Waals surface area contributed by atoms with Crippen LogP contribution in [0.5, 0.6) is 0 Å². The van der Waals surface area contributed by atoms with Gasteiger partial charge in [0.2, 0.25) is 0 Å². The Kier molecular flexibility index (Phi) is 4.31. The third-order valence-electron chi connectivity index (χ3n) is 5.28. The molecule has 30 heavy (non-hydrogen) atoms. The summed E-state index contributed by atoms with van der Waals surface area (Å²) < 4.78 is 26.9. The minimum Gasteiger partial charge on any atom is -0.339 e. The van der Waals surface area contributed by atoms with E-state index in [9.17, 15) is 13.6 Å². The van der Waals surface area contributed by atoms with E-state index in [2.05, 4.69) is 15.0 Å². The van der Waals surface area contributed by atoms with Crippen LogP contribution in [0.3, 0.4) is 0 Å². The monoisotopic (exact) mass is 404 g/mol. The predicted octanol–water partition coefficient (Wildman–Crippen LogP) is 4.77. The molecule has 1 aromatic carbocycles. The second-order valence-electron chi connectivity index (χ2n) is 7.45. The number of nitrogens with one attached hydrogen (secondary N) is 1. The summed E-state index contributed by atoms with van der Waals surface area (Å²) in [5.41, 5.74) is 4.26. The molecule has 0 aliphatic carbocycles. The molecule has 1 N–H and O–H groups in total. The van der Waals surface area contributed by atoms with Gasteiger partial charge in [0.05, 0.1) is 12.2 Å². The molecule has 0 unspecified atom stereocenters. The van der Waals surface area contributed by atoms with E-state index < -0.39 is 18.4 Å². The topological polar surface area (TPSA) is 61.9 Å². The number of alkyl halides is 2. The zero-order chi connectivity index (χ0) is 20.7. The third kappa shape index (κ3) is 3.43. The Morgan fingerprint density at radius 3 is 2.63 bits per heavy atom. The van der Waals surface area contributed by atoms with E-state index in [1.54, 1.807) is 24.4 Å². The van der Waals surface area contributed by atoms with Gasteiger partial charge in [-0.2, -0.15) is 0 Å². The fourth-order valence-corrected chi connectivity index (χ4v) is 3.71. The standard InChI is InChI=1S/C23H18F2N4O/c24-23(25)9-10-29(14-23)22(30)19-8-4-7-18(27-19)17-11-16-12-20(28-21(16)26-13-17)15-5-2-1-3-6-15/h1-8,11-13H,9-10,14H2,(H,26,28). The minimum atomic E-state index is -2.83. The summed E-state index contributed by atoms with van der Waals surface area (Å²) in [6.45, 7) is -0.520. The highest BCUT2D eigenvalue weighted by Gasteiger charge is 2.40. The summed E-state index contributed by atoms with van der Waals surface area (Å²) >= 11 is 0.